The van der Waals surface area contributed by atoms with Crippen molar-refractivity contribution in [2.24, 2.45) is 0 Å². The highest BCUT2D eigenvalue weighted by Gasteiger charge is 2.30. The summed E-state index contributed by atoms with van der Waals surface area (Å²) < 4.78 is 34.7. The van der Waals surface area contributed by atoms with Crippen LogP contribution in [-0.2, 0) is 26.0 Å². The molecule has 0 saturated heterocycles. The molecule has 0 fully saturated rings. The van der Waals surface area contributed by atoms with Crippen LogP contribution in [0.4, 0.5) is 0 Å². The molecule has 112 valence electrons. The van der Waals surface area contributed by atoms with Gasteiger partial charge in [-0.15, -0.1) is 0 Å². The summed E-state index contributed by atoms with van der Waals surface area (Å²) >= 11 is 0. The zero-order chi connectivity index (χ0) is 15.5. The molecular weight excluding hydrogens is 290 g/mol. The third-order valence-electron chi connectivity index (χ3n) is 2.52. The maximum Gasteiger partial charge on any atom is 0.373 e. The molecule has 0 radical (unpaired) electrons. The van der Waals surface area contributed by atoms with E-state index in [-0.39, 0.29) is 22.8 Å². The Morgan fingerprint density at radius 2 is 2.05 bits per heavy atom. The molecule has 0 spiro atoms. The van der Waals surface area contributed by atoms with E-state index in [1.165, 1.54) is 0 Å². The molecule has 0 aromatic carbocycles. The highest BCUT2D eigenvalue weighted by Crippen LogP contribution is 2.24. The summed E-state index contributed by atoms with van der Waals surface area (Å²) in [7, 11) is -1.77. The van der Waals surface area contributed by atoms with Crippen molar-refractivity contribution in [2.75, 3.05) is 20.7 Å². The number of likely N-dealkylation sites (N-methyl/N-ethyl adjacent to an activating group) is 1. The molecule has 0 bridgehead atoms. The van der Waals surface area contributed by atoms with Gasteiger partial charge in [0.25, 0.3) is 0 Å². The number of rotatable bonds is 6. The van der Waals surface area contributed by atoms with Crippen molar-refractivity contribution in [3.63, 3.8) is 0 Å². The molecule has 1 N–H and O–H groups in total. The van der Waals surface area contributed by atoms with Crippen molar-refractivity contribution in [2.45, 2.75) is 18.2 Å². The summed E-state index contributed by atoms with van der Waals surface area (Å²) in [4.78, 5) is 21.7. The van der Waals surface area contributed by atoms with Gasteiger partial charge in [0, 0.05) is 19.5 Å². The number of carboxylic acids is 1. The predicted octanol–water partition coefficient (Wildman–Crippen LogP) is 0.334. The zero-order valence-corrected chi connectivity index (χ0v) is 12.1. The van der Waals surface area contributed by atoms with Crippen LogP contribution in [0, 0.1) is 0 Å². The number of aryl methyl sites for hydroxylation is 1. The number of carbonyl (C=O) groups excluding carboxylic acids is 1. The molecule has 20 heavy (non-hydrogen) atoms. The number of methoxy groups -OCH3 is 1. The van der Waals surface area contributed by atoms with Gasteiger partial charge in [-0.05, 0) is 0 Å². The van der Waals surface area contributed by atoms with Gasteiger partial charge in [-0.3, -0.25) is 4.79 Å². The van der Waals surface area contributed by atoms with Gasteiger partial charge in [0.2, 0.25) is 15.8 Å². The van der Waals surface area contributed by atoms with Gasteiger partial charge in [-0.1, -0.05) is 6.92 Å². The monoisotopic (exact) mass is 305 g/mol. The minimum Gasteiger partial charge on any atom is -0.480 e. The molecule has 9 heteroatoms. The first-order valence-electron chi connectivity index (χ1n) is 5.63. The average molecular weight is 305 g/mol. The Morgan fingerprint density at radius 1 is 1.45 bits per heavy atom. The van der Waals surface area contributed by atoms with Crippen LogP contribution in [0.5, 0.6) is 0 Å². The number of aliphatic carboxylic acids is 1. The minimum absolute atomic E-state index is 0.0719. The molecule has 0 aliphatic carbocycles. The number of nitrogens with zero attached hydrogens (tertiary/aromatic N) is 1. The lowest BCUT2D eigenvalue weighted by Crippen LogP contribution is -2.32. The van der Waals surface area contributed by atoms with Crippen LogP contribution in [-0.4, -0.2) is 50.5 Å². The first-order valence-corrected chi connectivity index (χ1v) is 7.07. The average Bonchev–Trinajstić information content (AvgIpc) is 2.81. The van der Waals surface area contributed by atoms with Crippen LogP contribution in [0.3, 0.4) is 0 Å². The summed E-state index contributed by atoms with van der Waals surface area (Å²) in [5.41, 5.74) is 0. The van der Waals surface area contributed by atoms with Gasteiger partial charge in [-0.2, -0.15) is 4.31 Å². The second-order valence-corrected chi connectivity index (χ2v) is 5.91. The van der Waals surface area contributed by atoms with Crippen molar-refractivity contribution in [3.8, 4) is 0 Å². The van der Waals surface area contributed by atoms with E-state index in [4.69, 9.17) is 9.52 Å². The number of furan rings is 1. The molecule has 0 unspecified atom stereocenters. The molecule has 0 aliphatic rings. The predicted molar refractivity (Wildman–Crippen MR) is 66.9 cm³/mol. The highest BCUT2D eigenvalue weighted by molar-refractivity contribution is 7.89. The van der Waals surface area contributed by atoms with Crippen LogP contribution < -0.4 is 0 Å². The van der Waals surface area contributed by atoms with Crippen LogP contribution in [0.15, 0.2) is 15.4 Å². The Bertz CT molecular complexity index is 617. The normalized spacial score (nSPS) is 11.6. The summed E-state index contributed by atoms with van der Waals surface area (Å²) in [6.45, 7) is 0.959. The van der Waals surface area contributed by atoms with Crippen molar-refractivity contribution < 1.29 is 32.3 Å². The summed E-state index contributed by atoms with van der Waals surface area (Å²) in [6.07, 6.45) is 0.229. The van der Waals surface area contributed by atoms with E-state index in [9.17, 15) is 18.0 Å². The van der Waals surface area contributed by atoms with Gasteiger partial charge in [-0.25, -0.2) is 13.2 Å². The van der Waals surface area contributed by atoms with Gasteiger partial charge in [0.15, 0.2) is 0 Å². The SMILES string of the molecule is CCc1oc(C(=O)OC)cc1S(=O)(=O)N(C)CC(=O)O. The van der Waals surface area contributed by atoms with Crippen LogP contribution in [0.25, 0.3) is 0 Å². The molecule has 1 heterocycles. The maximum absolute atomic E-state index is 12.2. The molecule has 0 saturated carbocycles. The van der Waals surface area contributed by atoms with Crippen LogP contribution in [0.1, 0.15) is 23.2 Å². The molecule has 1 rings (SSSR count). The minimum atomic E-state index is -4.05. The third kappa shape index (κ3) is 3.17. The quantitative estimate of drug-likeness (QED) is 0.753. The number of hydrogen-bond acceptors (Lipinski definition) is 6. The lowest BCUT2D eigenvalue weighted by Gasteiger charge is -2.14. The summed E-state index contributed by atoms with van der Waals surface area (Å²) in [6, 6.07) is 1.04. The fourth-order valence-electron chi connectivity index (χ4n) is 1.52. The van der Waals surface area contributed by atoms with E-state index in [0.29, 0.717) is 4.31 Å². The van der Waals surface area contributed by atoms with Gasteiger partial charge in [0.05, 0.1) is 7.11 Å². The molecule has 0 atom stereocenters. The van der Waals surface area contributed by atoms with Gasteiger partial charge < -0.3 is 14.3 Å². The van der Waals surface area contributed by atoms with Crippen molar-refractivity contribution in [1.29, 1.82) is 0 Å². The highest BCUT2D eigenvalue weighted by atomic mass is 32.2. The Labute approximate surface area is 116 Å². The van der Waals surface area contributed by atoms with Crippen molar-refractivity contribution >= 4 is 22.0 Å². The Balaban J connectivity index is 3.27. The van der Waals surface area contributed by atoms with Crippen molar-refractivity contribution in [3.05, 3.63) is 17.6 Å². The second-order valence-electron chi connectivity index (χ2n) is 3.90. The van der Waals surface area contributed by atoms with E-state index in [1.54, 1.807) is 6.92 Å². The fourth-order valence-corrected chi connectivity index (χ4v) is 2.87. The van der Waals surface area contributed by atoms with Crippen LogP contribution >= 0.6 is 0 Å². The molecular formula is C11H15NO7S. The Morgan fingerprint density at radius 3 is 2.50 bits per heavy atom. The summed E-state index contributed by atoms with van der Waals surface area (Å²) in [5.74, 6) is -2.26. The number of carboxylic acid groups (broad SMARTS) is 1. The lowest BCUT2D eigenvalue weighted by molar-refractivity contribution is -0.137. The summed E-state index contributed by atoms with van der Waals surface area (Å²) in [5, 5.41) is 8.65. The standard InChI is InChI=1S/C11H15NO7S/c1-4-7-9(5-8(19-7)11(15)18-3)20(16,17)12(2)6-10(13)14/h5H,4,6H2,1-3H3,(H,13,14). The maximum atomic E-state index is 12.2. The van der Waals surface area contributed by atoms with E-state index in [1.807, 2.05) is 0 Å². The van der Waals surface area contributed by atoms with Crippen LogP contribution in [0.2, 0.25) is 0 Å². The van der Waals surface area contributed by atoms with E-state index in [0.717, 1.165) is 20.2 Å². The fraction of sp³-hybridized carbons (Fsp3) is 0.455. The van der Waals surface area contributed by atoms with Gasteiger partial charge in [0.1, 0.15) is 17.2 Å². The largest absolute Gasteiger partial charge is 0.480 e. The number of hydrogen-bond donors (Lipinski definition) is 1. The topological polar surface area (TPSA) is 114 Å². The number of esters is 1. The molecule has 0 amide bonds. The third-order valence-corrected chi connectivity index (χ3v) is 4.38. The van der Waals surface area contributed by atoms with E-state index < -0.39 is 28.5 Å². The smallest absolute Gasteiger partial charge is 0.373 e. The zero-order valence-electron chi connectivity index (χ0n) is 11.2. The van der Waals surface area contributed by atoms with Gasteiger partial charge >= 0.3 is 11.9 Å². The number of ether oxygens (including phenoxy) is 1. The number of carbonyl (C=O) groups is 2. The molecule has 1 aromatic heterocycles. The Hall–Kier alpha value is -1.87. The van der Waals surface area contributed by atoms with Crippen molar-refractivity contribution in [1.82, 2.24) is 4.31 Å². The number of sulfonamides is 1. The first kappa shape index (κ1) is 16.2. The second kappa shape index (κ2) is 6.06. The first-order chi connectivity index (χ1) is 9.23. The lowest BCUT2D eigenvalue weighted by atomic mass is 10.3. The van der Waals surface area contributed by atoms with E-state index >= 15 is 0 Å². The molecule has 1 aromatic rings. The molecule has 8 nitrogen and oxygen atoms in total. The molecule has 0 aliphatic heterocycles. The van der Waals surface area contributed by atoms with E-state index in [2.05, 4.69) is 4.74 Å². The Kier molecular flexibility index (Phi) is 4.90.